The second-order valence-corrected chi connectivity index (χ2v) is 4.14. The van der Waals surface area contributed by atoms with Crippen LogP contribution in [0.15, 0.2) is 0 Å². The molecule has 1 aliphatic rings. The maximum absolute atomic E-state index is 2.49. The van der Waals surface area contributed by atoms with Crippen molar-refractivity contribution in [3.8, 4) is 0 Å². The van der Waals surface area contributed by atoms with Gasteiger partial charge >= 0.3 is 0 Å². The Morgan fingerprint density at radius 1 is 1.33 bits per heavy atom. The summed E-state index contributed by atoms with van der Waals surface area (Å²) >= 11 is 0. The summed E-state index contributed by atoms with van der Waals surface area (Å²) in [5.41, 5.74) is 0.524. The Hall–Kier alpha value is -0.0400. The van der Waals surface area contributed by atoms with Gasteiger partial charge in [0.25, 0.3) is 0 Å². The van der Waals surface area contributed by atoms with Gasteiger partial charge in [-0.15, -0.1) is 0 Å². The molecular weight excluding hydrogens is 110 g/mol. The summed E-state index contributed by atoms with van der Waals surface area (Å²) in [7, 11) is 0. The van der Waals surface area contributed by atoms with Crippen molar-refractivity contribution in [2.24, 2.45) is 5.41 Å². The highest BCUT2D eigenvalue weighted by Crippen LogP contribution is 2.21. The first-order chi connectivity index (χ1) is 4.11. The van der Waals surface area contributed by atoms with E-state index < -0.39 is 0 Å². The summed E-state index contributed by atoms with van der Waals surface area (Å²) in [4.78, 5) is 0. The zero-order valence-electron chi connectivity index (χ0n) is 6.78. The summed E-state index contributed by atoms with van der Waals surface area (Å²) in [5.74, 6) is 0. The minimum atomic E-state index is 0.524. The molecule has 1 fully saturated rings. The average molecular weight is 128 g/mol. The molecule has 0 spiro atoms. The highest BCUT2D eigenvalue weighted by Gasteiger charge is 2.30. The molecule has 1 atom stereocenters. The molecule has 0 amide bonds. The van der Waals surface area contributed by atoms with E-state index in [-0.39, 0.29) is 0 Å². The molecule has 1 heterocycles. The van der Waals surface area contributed by atoms with Crippen molar-refractivity contribution in [1.82, 2.24) is 0 Å². The first kappa shape index (κ1) is 7.07. The van der Waals surface area contributed by atoms with Crippen molar-refractivity contribution in [1.29, 1.82) is 0 Å². The van der Waals surface area contributed by atoms with Crippen LogP contribution in [0.2, 0.25) is 0 Å². The van der Waals surface area contributed by atoms with E-state index in [0.717, 1.165) is 6.04 Å². The highest BCUT2D eigenvalue weighted by atomic mass is 14.9. The van der Waals surface area contributed by atoms with Gasteiger partial charge in [0.1, 0.15) is 0 Å². The van der Waals surface area contributed by atoms with Gasteiger partial charge in [-0.25, -0.2) is 0 Å². The van der Waals surface area contributed by atoms with Crippen molar-refractivity contribution in [2.45, 2.75) is 39.7 Å². The van der Waals surface area contributed by atoms with Crippen LogP contribution in [-0.4, -0.2) is 12.6 Å². The van der Waals surface area contributed by atoms with Gasteiger partial charge in [-0.2, -0.15) is 0 Å². The van der Waals surface area contributed by atoms with E-state index in [1.165, 1.54) is 19.4 Å². The summed E-state index contributed by atoms with van der Waals surface area (Å²) in [6.45, 7) is 8.35. The Bertz CT molecular complexity index is 85.2. The molecule has 1 nitrogen and oxygen atoms in total. The van der Waals surface area contributed by atoms with Gasteiger partial charge in [-0.1, -0.05) is 20.8 Å². The van der Waals surface area contributed by atoms with Gasteiger partial charge in [-0.05, 0) is 0 Å². The predicted molar refractivity (Wildman–Crippen MR) is 39.3 cm³/mol. The number of hydrogen-bond acceptors (Lipinski definition) is 0. The lowest BCUT2D eigenvalue weighted by molar-refractivity contribution is -0.681. The third-order valence-corrected chi connectivity index (χ3v) is 2.28. The van der Waals surface area contributed by atoms with Gasteiger partial charge in [-0.3, -0.25) is 0 Å². The number of rotatable bonds is 0. The smallest absolute Gasteiger partial charge is 0.0910 e. The maximum Gasteiger partial charge on any atom is 0.0910 e. The van der Waals surface area contributed by atoms with Crippen LogP contribution in [0.4, 0.5) is 0 Å². The van der Waals surface area contributed by atoms with Gasteiger partial charge in [0, 0.05) is 18.3 Å². The van der Waals surface area contributed by atoms with Crippen LogP contribution >= 0.6 is 0 Å². The van der Waals surface area contributed by atoms with E-state index in [9.17, 15) is 0 Å². The van der Waals surface area contributed by atoms with E-state index in [4.69, 9.17) is 0 Å². The van der Waals surface area contributed by atoms with Crippen molar-refractivity contribution in [2.75, 3.05) is 6.54 Å². The topological polar surface area (TPSA) is 16.6 Å². The molecule has 1 heteroatoms. The molecule has 0 unspecified atom stereocenters. The largest absolute Gasteiger partial charge is 0.343 e. The van der Waals surface area contributed by atoms with Crippen molar-refractivity contribution in [3.63, 3.8) is 0 Å². The summed E-state index contributed by atoms with van der Waals surface area (Å²) in [6, 6.07) is 0.887. The lowest BCUT2D eigenvalue weighted by Crippen LogP contribution is -2.89. The van der Waals surface area contributed by atoms with Crippen LogP contribution in [0.3, 0.4) is 0 Å². The minimum absolute atomic E-state index is 0.524. The van der Waals surface area contributed by atoms with Crippen molar-refractivity contribution >= 4 is 0 Å². The summed E-state index contributed by atoms with van der Waals surface area (Å²) in [5, 5.41) is 2.49. The summed E-state index contributed by atoms with van der Waals surface area (Å²) in [6.07, 6.45) is 2.84. The molecule has 9 heavy (non-hydrogen) atoms. The second-order valence-electron chi connectivity index (χ2n) is 4.14. The fourth-order valence-electron chi connectivity index (χ4n) is 1.56. The third kappa shape index (κ3) is 1.68. The van der Waals surface area contributed by atoms with Crippen molar-refractivity contribution in [3.05, 3.63) is 0 Å². The van der Waals surface area contributed by atoms with Gasteiger partial charge in [0.2, 0.25) is 0 Å². The lowest BCUT2D eigenvalue weighted by atomic mass is 9.86. The first-order valence-corrected chi connectivity index (χ1v) is 3.94. The molecule has 54 valence electrons. The number of quaternary nitrogens is 1. The predicted octanol–water partition coefficient (Wildman–Crippen LogP) is 0.758. The molecule has 0 aliphatic carbocycles. The standard InChI is InChI=1S/C8H17N/c1-8(2,3)7-5-4-6-9-7/h7,9H,4-6H2,1-3H3/p+1/t7-/m0/s1. The monoisotopic (exact) mass is 128 g/mol. The Kier molecular flexibility index (Phi) is 1.80. The lowest BCUT2D eigenvalue weighted by Gasteiger charge is -2.23. The third-order valence-electron chi connectivity index (χ3n) is 2.28. The molecule has 0 aromatic carbocycles. The molecule has 0 bridgehead atoms. The zero-order chi connectivity index (χ0) is 6.91. The molecule has 1 rings (SSSR count). The van der Waals surface area contributed by atoms with E-state index >= 15 is 0 Å². The van der Waals surface area contributed by atoms with E-state index in [1.54, 1.807) is 0 Å². The Morgan fingerprint density at radius 2 is 2.00 bits per heavy atom. The van der Waals surface area contributed by atoms with Gasteiger partial charge < -0.3 is 5.32 Å². The molecule has 1 aliphatic heterocycles. The first-order valence-electron chi connectivity index (χ1n) is 3.94. The zero-order valence-corrected chi connectivity index (χ0v) is 6.78. The van der Waals surface area contributed by atoms with E-state index in [2.05, 4.69) is 26.1 Å². The highest BCUT2D eigenvalue weighted by molar-refractivity contribution is 4.74. The molecule has 1 saturated heterocycles. The Morgan fingerprint density at radius 3 is 2.22 bits per heavy atom. The average Bonchev–Trinajstić information content (AvgIpc) is 2.08. The van der Waals surface area contributed by atoms with Crippen molar-refractivity contribution < 1.29 is 5.32 Å². The Balaban J connectivity index is 2.42. The summed E-state index contributed by atoms with van der Waals surface area (Å²) < 4.78 is 0. The molecule has 0 aromatic heterocycles. The second kappa shape index (κ2) is 2.30. The maximum atomic E-state index is 2.49. The normalized spacial score (nSPS) is 29.0. The molecular formula is C8H18N+. The molecule has 0 saturated carbocycles. The van der Waals surface area contributed by atoms with Gasteiger partial charge in [0.15, 0.2) is 0 Å². The fourth-order valence-corrected chi connectivity index (χ4v) is 1.56. The molecule has 0 aromatic rings. The number of nitrogens with two attached hydrogens (primary N) is 1. The SMILES string of the molecule is CC(C)(C)[C@@H]1CCC[NH2+]1. The fraction of sp³-hybridized carbons (Fsp3) is 1.00. The number of hydrogen-bond donors (Lipinski definition) is 1. The quantitative estimate of drug-likeness (QED) is 0.496. The van der Waals surface area contributed by atoms with Crippen LogP contribution in [-0.2, 0) is 0 Å². The molecule has 0 radical (unpaired) electrons. The van der Waals surface area contributed by atoms with Crippen LogP contribution in [0, 0.1) is 5.41 Å². The van der Waals surface area contributed by atoms with Crippen LogP contribution < -0.4 is 5.32 Å². The Labute approximate surface area is 57.8 Å². The molecule has 2 N–H and O–H groups in total. The van der Waals surface area contributed by atoms with Crippen LogP contribution in [0.25, 0.3) is 0 Å². The van der Waals surface area contributed by atoms with E-state index in [1.807, 2.05) is 0 Å². The van der Waals surface area contributed by atoms with Crippen LogP contribution in [0.5, 0.6) is 0 Å². The van der Waals surface area contributed by atoms with Crippen LogP contribution in [0.1, 0.15) is 33.6 Å². The van der Waals surface area contributed by atoms with Gasteiger partial charge in [0.05, 0.1) is 12.6 Å². The minimum Gasteiger partial charge on any atom is -0.343 e. The van der Waals surface area contributed by atoms with E-state index in [0.29, 0.717) is 5.41 Å².